The maximum atomic E-state index is 9.87. The first-order valence-corrected chi connectivity index (χ1v) is 5.45. The van der Waals surface area contributed by atoms with E-state index < -0.39 is 12.2 Å². The van der Waals surface area contributed by atoms with Crippen molar-refractivity contribution in [2.24, 2.45) is 0 Å². The van der Waals surface area contributed by atoms with Gasteiger partial charge in [-0.25, -0.2) is 4.68 Å². The minimum absolute atomic E-state index is 0.582. The molecule has 2 unspecified atom stereocenters. The monoisotopic (exact) mass is 213 g/mol. The van der Waals surface area contributed by atoms with Crippen LogP contribution < -0.4 is 0 Å². The van der Waals surface area contributed by atoms with Gasteiger partial charge in [-0.05, 0) is 12.8 Å². The Hall–Kier alpha value is -0.940. The number of hydrogen-bond acceptors (Lipinski definition) is 4. The Balaban J connectivity index is 2.71. The van der Waals surface area contributed by atoms with E-state index in [0.29, 0.717) is 18.7 Å². The topological polar surface area (TPSA) is 71.2 Å². The van der Waals surface area contributed by atoms with E-state index >= 15 is 0 Å². The summed E-state index contributed by atoms with van der Waals surface area (Å²) in [4.78, 5) is 0. The van der Waals surface area contributed by atoms with Crippen LogP contribution in [0.3, 0.4) is 0 Å². The fourth-order valence-electron chi connectivity index (χ4n) is 1.53. The Morgan fingerprint density at radius 2 is 2.07 bits per heavy atom. The van der Waals surface area contributed by atoms with Crippen molar-refractivity contribution in [2.45, 2.75) is 51.9 Å². The van der Waals surface area contributed by atoms with Crippen LogP contribution in [0.15, 0.2) is 6.20 Å². The standard InChI is InChI=1S/C10H19N3O2/c1-3-5-9(14)10(15)8-7-11-12-13(8)6-4-2/h7,9-10,14-15H,3-6H2,1-2H3. The molecule has 86 valence electrons. The lowest BCUT2D eigenvalue weighted by molar-refractivity contribution is 0.00783. The lowest BCUT2D eigenvalue weighted by atomic mass is 10.1. The van der Waals surface area contributed by atoms with Crippen LogP contribution in [0.4, 0.5) is 0 Å². The SMILES string of the molecule is CCCC(O)C(O)c1cnnn1CCC. The molecular formula is C10H19N3O2. The molecule has 0 aliphatic rings. The molecule has 0 saturated carbocycles. The predicted molar refractivity (Wildman–Crippen MR) is 56.2 cm³/mol. The van der Waals surface area contributed by atoms with Gasteiger partial charge in [-0.2, -0.15) is 0 Å². The van der Waals surface area contributed by atoms with E-state index in [9.17, 15) is 10.2 Å². The molecule has 0 bridgehead atoms. The van der Waals surface area contributed by atoms with Crippen LogP contribution in [0.1, 0.15) is 44.9 Å². The van der Waals surface area contributed by atoms with Crippen LogP contribution >= 0.6 is 0 Å². The summed E-state index contributed by atoms with van der Waals surface area (Å²) in [5.74, 6) is 0. The summed E-state index contributed by atoms with van der Waals surface area (Å²) in [5.41, 5.74) is 0.595. The van der Waals surface area contributed by atoms with E-state index in [0.717, 1.165) is 12.8 Å². The molecule has 0 aromatic carbocycles. The van der Waals surface area contributed by atoms with Gasteiger partial charge in [-0.1, -0.05) is 25.5 Å². The molecule has 1 rings (SSSR count). The van der Waals surface area contributed by atoms with Gasteiger partial charge in [0.05, 0.1) is 18.0 Å². The van der Waals surface area contributed by atoms with E-state index in [4.69, 9.17) is 0 Å². The van der Waals surface area contributed by atoms with Gasteiger partial charge in [-0.15, -0.1) is 5.10 Å². The first kappa shape index (κ1) is 12.1. The molecular weight excluding hydrogens is 194 g/mol. The van der Waals surface area contributed by atoms with E-state index in [2.05, 4.69) is 10.3 Å². The number of aliphatic hydroxyl groups is 2. The second-order valence-corrected chi connectivity index (χ2v) is 3.68. The van der Waals surface area contributed by atoms with Gasteiger partial charge in [-0.3, -0.25) is 0 Å². The molecule has 2 atom stereocenters. The minimum atomic E-state index is -0.883. The number of aryl methyl sites for hydroxylation is 1. The zero-order valence-electron chi connectivity index (χ0n) is 9.30. The molecule has 0 amide bonds. The third kappa shape index (κ3) is 3.00. The lowest BCUT2D eigenvalue weighted by Crippen LogP contribution is -2.21. The fraction of sp³-hybridized carbons (Fsp3) is 0.800. The van der Waals surface area contributed by atoms with Crippen molar-refractivity contribution >= 4 is 0 Å². The van der Waals surface area contributed by atoms with E-state index in [1.54, 1.807) is 4.68 Å². The summed E-state index contributed by atoms with van der Waals surface area (Å²) in [6.45, 7) is 4.71. The molecule has 0 fully saturated rings. The molecule has 0 aliphatic carbocycles. The smallest absolute Gasteiger partial charge is 0.123 e. The van der Waals surface area contributed by atoms with Gasteiger partial charge in [0.25, 0.3) is 0 Å². The summed E-state index contributed by atoms with van der Waals surface area (Å²) in [6, 6.07) is 0. The first-order valence-electron chi connectivity index (χ1n) is 5.45. The Bertz CT molecular complexity index is 288. The summed E-state index contributed by atoms with van der Waals surface area (Å²) < 4.78 is 1.64. The molecule has 2 N–H and O–H groups in total. The summed E-state index contributed by atoms with van der Waals surface area (Å²) >= 11 is 0. The molecule has 5 nitrogen and oxygen atoms in total. The summed E-state index contributed by atoms with van der Waals surface area (Å²) in [7, 11) is 0. The molecule has 15 heavy (non-hydrogen) atoms. The fourth-order valence-corrected chi connectivity index (χ4v) is 1.53. The quantitative estimate of drug-likeness (QED) is 0.736. The minimum Gasteiger partial charge on any atom is -0.390 e. The Kier molecular flexibility index (Phi) is 4.71. The predicted octanol–water partition coefficient (Wildman–Crippen LogP) is 0.882. The average molecular weight is 213 g/mol. The Morgan fingerprint density at radius 3 is 2.67 bits per heavy atom. The molecule has 1 aromatic heterocycles. The highest BCUT2D eigenvalue weighted by Gasteiger charge is 2.21. The number of aliphatic hydroxyl groups excluding tert-OH is 2. The maximum Gasteiger partial charge on any atom is 0.123 e. The van der Waals surface area contributed by atoms with Crippen LogP contribution in [-0.2, 0) is 6.54 Å². The van der Waals surface area contributed by atoms with Crippen molar-refractivity contribution in [3.63, 3.8) is 0 Å². The highest BCUT2D eigenvalue weighted by atomic mass is 16.3. The highest BCUT2D eigenvalue weighted by Crippen LogP contribution is 2.18. The molecule has 0 saturated heterocycles. The van der Waals surface area contributed by atoms with Crippen molar-refractivity contribution in [2.75, 3.05) is 0 Å². The molecule has 1 heterocycles. The van der Waals surface area contributed by atoms with Gasteiger partial charge in [0.2, 0.25) is 0 Å². The molecule has 0 spiro atoms. The van der Waals surface area contributed by atoms with Gasteiger partial charge >= 0.3 is 0 Å². The average Bonchev–Trinajstić information content (AvgIpc) is 2.66. The lowest BCUT2D eigenvalue weighted by Gasteiger charge is -2.17. The summed E-state index contributed by atoms with van der Waals surface area (Å²) in [6.07, 6.45) is 2.24. The largest absolute Gasteiger partial charge is 0.390 e. The van der Waals surface area contributed by atoms with E-state index in [1.165, 1.54) is 6.20 Å². The molecule has 1 aromatic rings. The van der Waals surface area contributed by atoms with Gasteiger partial charge in [0.15, 0.2) is 0 Å². The van der Waals surface area contributed by atoms with Crippen LogP contribution in [0.5, 0.6) is 0 Å². The van der Waals surface area contributed by atoms with E-state index in [1.807, 2.05) is 13.8 Å². The van der Waals surface area contributed by atoms with Gasteiger partial charge < -0.3 is 10.2 Å². The van der Waals surface area contributed by atoms with Crippen LogP contribution in [-0.4, -0.2) is 31.3 Å². The van der Waals surface area contributed by atoms with Crippen LogP contribution in [0.2, 0.25) is 0 Å². The number of aromatic nitrogens is 3. The number of nitrogens with zero attached hydrogens (tertiary/aromatic N) is 3. The molecule has 0 aliphatic heterocycles. The summed E-state index contributed by atoms with van der Waals surface area (Å²) in [5, 5.41) is 27.1. The number of hydrogen-bond donors (Lipinski definition) is 2. The zero-order chi connectivity index (χ0) is 11.3. The first-order chi connectivity index (χ1) is 7.20. The highest BCUT2D eigenvalue weighted by molar-refractivity contribution is 5.01. The maximum absolute atomic E-state index is 9.87. The second kappa shape index (κ2) is 5.82. The molecule has 5 heteroatoms. The van der Waals surface area contributed by atoms with Gasteiger partial charge in [0, 0.05) is 6.54 Å². The van der Waals surface area contributed by atoms with Gasteiger partial charge in [0.1, 0.15) is 6.10 Å². The normalized spacial score (nSPS) is 15.2. The Labute approximate surface area is 89.7 Å². The van der Waals surface area contributed by atoms with Crippen LogP contribution in [0.25, 0.3) is 0 Å². The van der Waals surface area contributed by atoms with Crippen molar-refractivity contribution in [1.82, 2.24) is 15.0 Å². The molecule has 0 radical (unpaired) electrons. The van der Waals surface area contributed by atoms with Crippen molar-refractivity contribution in [3.8, 4) is 0 Å². The third-order valence-electron chi connectivity index (χ3n) is 2.34. The van der Waals surface area contributed by atoms with Crippen molar-refractivity contribution in [3.05, 3.63) is 11.9 Å². The Morgan fingerprint density at radius 1 is 1.33 bits per heavy atom. The second-order valence-electron chi connectivity index (χ2n) is 3.68. The third-order valence-corrected chi connectivity index (χ3v) is 2.34. The van der Waals surface area contributed by atoms with Crippen molar-refractivity contribution in [1.29, 1.82) is 0 Å². The number of rotatable bonds is 6. The van der Waals surface area contributed by atoms with Crippen molar-refractivity contribution < 1.29 is 10.2 Å². The van der Waals surface area contributed by atoms with E-state index in [-0.39, 0.29) is 0 Å². The zero-order valence-corrected chi connectivity index (χ0v) is 9.30. The van der Waals surface area contributed by atoms with Crippen LogP contribution in [0, 0.1) is 0 Å².